The second-order valence-electron chi connectivity index (χ2n) is 5.33. The molecule has 0 spiro atoms. The molecular weight excluding hydrogens is 308 g/mol. The molecule has 8 nitrogen and oxygen atoms in total. The van der Waals surface area contributed by atoms with E-state index in [-0.39, 0.29) is 11.5 Å². The van der Waals surface area contributed by atoms with Gasteiger partial charge in [-0.3, -0.25) is 4.79 Å². The van der Waals surface area contributed by atoms with Crippen molar-refractivity contribution in [1.29, 1.82) is 5.26 Å². The topological polar surface area (TPSA) is 94.4 Å². The van der Waals surface area contributed by atoms with Crippen LogP contribution in [0.3, 0.4) is 0 Å². The zero-order chi connectivity index (χ0) is 17.2. The molecule has 1 fully saturated rings. The summed E-state index contributed by atoms with van der Waals surface area (Å²) in [4.78, 5) is 24.5. The van der Waals surface area contributed by atoms with E-state index < -0.39 is 0 Å². The standard InChI is InChI=1S/C16H22N6O2/c1-24-11-3-6-18-15(23)14(12-17)13-21-7-9-22(10-8-21)16-19-4-2-5-20-16/h2,4-5,13H,3,6-11H2,1H3,(H,18,23)/b14-13-. The predicted octanol–water partition coefficient (Wildman–Crippen LogP) is 0.159. The molecule has 8 heteroatoms. The van der Waals surface area contributed by atoms with Gasteiger partial charge in [0.25, 0.3) is 5.91 Å². The molecule has 0 bridgehead atoms. The van der Waals surface area contributed by atoms with E-state index in [4.69, 9.17) is 4.74 Å². The van der Waals surface area contributed by atoms with Crippen LogP contribution in [0.4, 0.5) is 5.95 Å². The third-order valence-electron chi connectivity index (χ3n) is 3.64. The molecule has 0 aliphatic carbocycles. The first-order valence-corrected chi connectivity index (χ1v) is 7.89. The first-order valence-electron chi connectivity index (χ1n) is 7.89. The van der Waals surface area contributed by atoms with Gasteiger partial charge in [-0.05, 0) is 12.5 Å². The molecule has 24 heavy (non-hydrogen) atoms. The Balaban J connectivity index is 1.84. The maximum Gasteiger partial charge on any atom is 0.263 e. The molecular formula is C16H22N6O2. The highest BCUT2D eigenvalue weighted by atomic mass is 16.5. The number of ether oxygens (including phenoxy) is 1. The van der Waals surface area contributed by atoms with E-state index in [9.17, 15) is 10.1 Å². The number of amides is 1. The van der Waals surface area contributed by atoms with Crippen LogP contribution in [0.5, 0.6) is 0 Å². The molecule has 1 saturated heterocycles. The van der Waals surface area contributed by atoms with Crippen molar-refractivity contribution >= 4 is 11.9 Å². The number of carbonyl (C=O) groups excluding carboxylic acids is 1. The van der Waals surface area contributed by atoms with Gasteiger partial charge in [-0.1, -0.05) is 0 Å². The van der Waals surface area contributed by atoms with Crippen LogP contribution in [0, 0.1) is 11.3 Å². The van der Waals surface area contributed by atoms with Crippen LogP contribution in [-0.2, 0) is 9.53 Å². The van der Waals surface area contributed by atoms with Crippen molar-refractivity contribution in [2.75, 3.05) is 51.3 Å². The maximum atomic E-state index is 12.0. The van der Waals surface area contributed by atoms with Crippen molar-refractivity contribution < 1.29 is 9.53 Å². The van der Waals surface area contributed by atoms with Gasteiger partial charge in [0.05, 0.1) is 0 Å². The van der Waals surface area contributed by atoms with Crippen LogP contribution in [-0.4, -0.2) is 67.2 Å². The Bertz CT molecular complexity index is 590. The van der Waals surface area contributed by atoms with Crippen LogP contribution in [0.2, 0.25) is 0 Å². The zero-order valence-corrected chi connectivity index (χ0v) is 13.8. The van der Waals surface area contributed by atoms with E-state index in [1.165, 1.54) is 0 Å². The summed E-state index contributed by atoms with van der Waals surface area (Å²) in [5, 5.41) is 11.9. The molecule has 128 valence electrons. The van der Waals surface area contributed by atoms with E-state index >= 15 is 0 Å². The van der Waals surface area contributed by atoms with E-state index in [0.717, 1.165) is 19.5 Å². The molecule has 1 amide bonds. The van der Waals surface area contributed by atoms with Gasteiger partial charge in [-0.15, -0.1) is 0 Å². The molecule has 0 unspecified atom stereocenters. The lowest BCUT2D eigenvalue weighted by Crippen LogP contribution is -2.45. The molecule has 0 aromatic carbocycles. The number of piperazine rings is 1. The third kappa shape index (κ3) is 5.21. The maximum absolute atomic E-state index is 12.0. The summed E-state index contributed by atoms with van der Waals surface area (Å²) >= 11 is 0. The predicted molar refractivity (Wildman–Crippen MR) is 89.0 cm³/mol. The van der Waals surface area contributed by atoms with E-state index in [1.807, 2.05) is 11.0 Å². The summed E-state index contributed by atoms with van der Waals surface area (Å²) in [6, 6.07) is 3.76. The Hall–Kier alpha value is -2.66. The largest absolute Gasteiger partial charge is 0.385 e. The van der Waals surface area contributed by atoms with Crippen molar-refractivity contribution in [3.8, 4) is 6.07 Å². The van der Waals surface area contributed by atoms with Crippen LogP contribution in [0.25, 0.3) is 0 Å². The molecule has 0 saturated carbocycles. The normalized spacial score (nSPS) is 15.1. The fourth-order valence-electron chi connectivity index (χ4n) is 2.34. The monoisotopic (exact) mass is 330 g/mol. The lowest BCUT2D eigenvalue weighted by molar-refractivity contribution is -0.117. The van der Waals surface area contributed by atoms with Crippen molar-refractivity contribution in [2.24, 2.45) is 0 Å². The minimum atomic E-state index is -0.345. The number of carbonyl (C=O) groups is 1. The van der Waals surface area contributed by atoms with Crippen molar-refractivity contribution in [3.05, 3.63) is 30.2 Å². The van der Waals surface area contributed by atoms with Crippen LogP contribution < -0.4 is 10.2 Å². The Morgan fingerprint density at radius 2 is 2.08 bits per heavy atom. The highest BCUT2D eigenvalue weighted by Crippen LogP contribution is 2.10. The van der Waals surface area contributed by atoms with Gasteiger partial charge in [0, 0.05) is 65.0 Å². The SMILES string of the molecule is COCCCNC(=O)/C(C#N)=C\N1CCN(c2ncccn2)CC1. The van der Waals surface area contributed by atoms with E-state index in [0.29, 0.717) is 32.2 Å². The average molecular weight is 330 g/mol. The molecule has 1 aliphatic rings. The minimum Gasteiger partial charge on any atom is -0.385 e. The quantitative estimate of drug-likeness (QED) is 0.432. The zero-order valence-electron chi connectivity index (χ0n) is 13.8. The van der Waals surface area contributed by atoms with Gasteiger partial charge < -0.3 is 19.9 Å². The van der Waals surface area contributed by atoms with Crippen LogP contribution in [0.1, 0.15) is 6.42 Å². The second kappa shape index (κ2) is 9.47. The van der Waals surface area contributed by atoms with Crippen molar-refractivity contribution in [1.82, 2.24) is 20.2 Å². The first-order chi connectivity index (χ1) is 11.7. The summed E-state index contributed by atoms with van der Waals surface area (Å²) in [5.74, 6) is 0.361. The average Bonchev–Trinajstić information content (AvgIpc) is 2.64. The summed E-state index contributed by atoms with van der Waals surface area (Å²) in [6.45, 7) is 3.98. The Kier molecular flexibility index (Phi) is 6.98. The molecule has 1 N–H and O–H groups in total. The molecule has 1 aromatic heterocycles. The third-order valence-corrected chi connectivity index (χ3v) is 3.64. The lowest BCUT2D eigenvalue weighted by atomic mass is 10.2. The Labute approximate surface area is 141 Å². The molecule has 2 heterocycles. The summed E-state index contributed by atoms with van der Waals surface area (Å²) in [6.07, 6.45) is 5.79. The van der Waals surface area contributed by atoms with Gasteiger partial charge in [0.15, 0.2) is 0 Å². The molecule has 0 radical (unpaired) electrons. The Morgan fingerprint density at radius 1 is 1.38 bits per heavy atom. The number of anilines is 1. The fraction of sp³-hybridized carbons (Fsp3) is 0.500. The molecule has 1 aliphatic heterocycles. The smallest absolute Gasteiger partial charge is 0.263 e. The van der Waals surface area contributed by atoms with E-state index in [2.05, 4.69) is 20.2 Å². The fourth-order valence-corrected chi connectivity index (χ4v) is 2.34. The Morgan fingerprint density at radius 3 is 2.71 bits per heavy atom. The van der Waals surface area contributed by atoms with Gasteiger partial charge >= 0.3 is 0 Å². The highest BCUT2D eigenvalue weighted by Gasteiger charge is 2.18. The van der Waals surface area contributed by atoms with Crippen LogP contribution in [0.15, 0.2) is 30.2 Å². The first kappa shape index (κ1) is 17.7. The highest BCUT2D eigenvalue weighted by molar-refractivity contribution is 5.97. The number of nitriles is 1. The van der Waals surface area contributed by atoms with Gasteiger partial charge in [-0.25, -0.2) is 9.97 Å². The van der Waals surface area contributed by atoms with Gasteiger partial charge in [-0.2, -0.15) is 5.26 Å². The molecule has 0 atom stereocenters. The number of nitrogens with zero attached hydrogens (tertiary/aromatic N) is 5. The lowest BCUT2D eigenvalue weighted by Gasteiger charge is -2.34. The number of hydrogen-bond donors (Lipinski definition) is 1. The summed E-state index contributed by atoms with van der Waals surface area (Å²) in [7, 11) is 1.61. The van der Waals surface area contributed by atoms with Crippen molar-refractivity contribution in [2.45, 2.75) is 6.42 Å². The summed E-state index contributed by atoms with van der Waals surface area (Å²) in [5.41, 5.74) is 0.122. The molecule has 2 rings (SSSR count). The number of nitrogens with one attached hydrogen (secondary N) is 1. The van der Waals surface area contributed by atoms with Gasteiger partial charge in [0.1, 0.15) is 11.6 Å². The number of hydrogen-bond acceptors (Lipinski definition) is 7. The summed E-state index contributed by atoms with van der Waals surface area (Å²) < 4.78 is 4.92. The number of aromatic nitrogens is 2. The van der Waals surface area contributed by atoms with Gasteiger partial charge in [0.2, 0.25) is 5.95 Å². The van der Waals surface area contributed by atoms with Crippen LogP contribution >= 0.6 is 0 Å². The minimum absolute atomic E-state index is 0.122. The number of rotatable bonds is 7. The number of methoxy groups -OCH3 is 1. The second-order valence-corrected chi connectivity index (χ2v) is 5.33. The van der Waals surface area contributed by atoms with Crippen molar-refractivity contribution in [3.63, 3.8) is 0 Å². The molecule has 1 aromatic rings. The van der Waals surface area contributed by atoms with E-state index in [1.54, 1.807) is 31.8 Å².